The number of carbonyl (C=O) groups is 2. The van der Waals surface area contributed by atoms with E-state index in [2.05, 4.69) is 22.2 Å². The lowest BCUT2D eigenvalue weighted by atomic mass is 9.83. The fraction of sp³-hybridized carbons (Fsp3) is 0.429. The molecule has 0 radical (unpaired) electrons. The van der Waals surface area contributed by atoms with Crippen molar-refractivity contribution in [2.45, 2.75) is 36.2 Å². The van der Waals surface area contributed by atoms with E-state index >= 15 is 4.79 Å². The molecule has 3 aromatic carbocycles. The first-order valence-corrected chi connectivity index (χ1v) is 17.7. The summed E-state index contributed by atoms with van der Waals surface area (Å²) in [5.41, 5.74) is -1.33. The number of likely N-dealkylation sites (tertiary alicyclic amines) is 1. The lowest BCUT2D eigenvalue weighted by molar-refractivity contribution is -0.121. The Morgan fingerprint density at radius 3 is 2.21 bits per heavy atom. The Morgan fingerprint density at radius 2 is 1.54 bits per heavy atom. The first-order valence-electron chi connectivity index (χ1n) is 16.3. The Hall–Kier alpha value is -4.33. The van der Waals surface area contributed by atoms with Crippen LogP contribution in [0.25, 0.3) is 0 Å². The number of likely N-dealkylation sites (N-methyl/N-ethyl adjacent to an activating group) is 1. The maximum atomic E-state index is 15.1. The van der Waals surface area contributed by atoms with E-state index in [-0.39, 0.29) is 28.5 Å². The summed E-state index contributed by atoms with van der Waals surface area (Å²) in [5, 5.41) is 3.06. The second kappa shape index (κ2) is 13.7. The van der Waals surface area contributed by atoms with E-state index < -0.39 is 27.5 Å². The standard InChI is InChI=1S/C35H43N5O7S/c1-5-47-30-11-7-6-10-27(30)35(36-34(42)39-18-16-25(17-19-39)38-22-20-37(2)21-23-38)28-24-26(45-3)14-15-29(28)40(33(35)41)48(43,44)32-13-9-8-12-31(32)46-4/h6-15,24-25H,5,16-23H2,1-4H3,(H,36,42). The average molecular weight is 678 g/mol. The molecule has 0 aromatic heterocycles. The zero-order chi connectivity index (χ0) is 34.1. The number of piperidine rings is 1. The van der Waals surface area contributed by atoms with Crippen molar-refractivity contribution in [3.8, 4) is 17.2 Å². The SMILES string of the molecule is CCOc1ccccc1C1(NC(=O)N2CCC(N3CCN(C)CC3)CC2)C(=O)N(S(=O)(=O)c2ccccc2OC)c2ccc(OC)cc21. The van der Waals surface area contributed by atoms with Gasteiger partial charge in [0.05, 0.1) is 26.5 Å². The van der Waals surface area contributed by atoms with Crippen LogP contribution in [0.1, 0.15) is 30.9 Å². The molecule has 13 heteroatoms. The molecule has 3 amide bonds. The van der Waals surface area contributed by atoms with Crippen LogP contribution in [0, 0.1) is 0 Å². The number of sulfonamides is 1. The summed E-state index contributed by atoms with van der Waals surface area (Å²) in [7, 11) is 0.437. The maximum Gasteiger partial charge on any atom is 0.318 e. The molecule has 0 saturated carbocycles. The van der Waals surface area contributed by atoms with E-state index in [0.29, 0.717) is 36.2 Å². The van der Waals surface area contributed by atoms with Gasteiger partial charge in [-0.25, -0.2) is 13.2 Å². The lowest BCUT2D eigenvalue weighted by Crippen LogP contribution is -2.59. The van der Waals surface area contributed by atoms with Crippen LogP contribution >= 0.6 is 0 Å². The van der Waals surface area contributed by atoms with Crippen LogP contribution in [0.5, 0.6) is 17.2 Å². The molecule has 6 rings (SSSR count). The largest absolute Gasteiger partial charge is 0.497 e. The van der Waals surface area contributed by atoms with Crippen molar-refractivity contribution < 1.29 is 32.2 Å². The van der Waals surface area contributed by atoms with Crippen LogP contribution in [0.15, 0.2) is 71.6 Å². The lowest BCUT2D eigenvalue weighted by Gasteiger charge is -2.42. The molecule has 256 valence electrons. The van der Waals surface area contributed by atoms with Crippen LogP contribution < -0.4 is 23.8 Å². The van der Waals surface area contributed by atoms with Crippen LogP contribution in [-0.2, 0) is 20.4 Å². The van der Waals surface area contributed by atoms with Crippen molar-refractivity contribution in [2.75, 3.05) is 71.4 Å². The monoisotopic (exact) mass is 677 g/mol. The predicted molar refractivity (Wildman–Crippen MR) is 181 cm³/mol. The highest BCUT2D eigenvalue weighted by molar-refractivity contribution is 7.93. The quantitative estimate of drug-likeness (QED) is 0.363. The minimum Gasteiger partial charge on any atom is -0.497 e. The molecule has 3 aliphatic rings. The molecule has 48 heavy (non-hydrogen) atoms. The topological polar surface area (TPSA) is 121 Å². The molecule has 1 atom stereocenters. The number of fused-ring (bicyclic) bond motifs is 1. The fourth-order valence-corrected chi connectivity index (χ4v) is 8.66. The minimum atomic E-state index is -4.55. The van der Waals surface area contributed by atoms with Crippen LogP contribution in [0.3, 0.4) is 0 Å². The highest BCUT2D eigenvalue weighted by atomic mass is 32.2. The molecule has 0 aliphatic carbocycles. The Balaban J connectivity index is 1.44. The molecular formula is C35H43N5O7S. The number of nitrogens with zero attached hydrogens (tertiary/aromatic N) is 4. The number of urea groups is 1. The molecular weight excluding hydrogens is 634 g/mol. The zero-order valence-electron chi connectivity index (χ0n) is 27.8. The summed E-state index contributed by atoms with van der Waals surface area (Å²) in [5.74, 6) is -0.0596. The second-order valence-electron chi connectivity index (χ2n) is 12.3. The van der Waals surface area contributed by atoms with Gasteiger partial charge in [-0.3, -0.25) is 9.69 Å². The third kappa shape index (κ3) is 5.84. The zero-order valence-corrected chi connectivity index (χ0v) is 28.7. The smallest absolute Gasteiger partial charge is 0.318 e. The number of piperazine rings is 1. The highest BCUT2D eigenvalue weighted by Crippen LogP contribution is 2.50. The van der Waals surface area contributed by atoms with E-state index in [1.165, 1.54) is 32.4 Å². The number of amides is 3. The van der Waals surface area contributed by atoms with Gasteiger partial charge in [-0.05, 0) is 63.2 Å². The van der Waals surface area contributed by atoms with Gasteiger partial charge in [0.15, 0.2) is 5.54 Å². The Bertz CT molecular complexity index is 1770. The predicted octanol–water partition coefficient (Wildman–Crippen LogP) is 3.50. The van der Waals surface area contributed by atoms with Gasteiger partial charge in [0, 0.05) is 56.4 Å². The van der Waals surface area contributed by atoms with Crippen molar-refractivity contribution in [3.05, 3.63) is 77.9 Å². The Labute approximate surface area is 282 Å². The van der Waals surface area contributed by atoms with Crippen molar-refractivity contribution in [1.82, 2.24) is 20.0 Å². The van der Waals surface area contributed by atoms with Crippen molar-refractivity contribution in [1.29, 1.82) is 0 Å². The van der Waals surface area contributed by atoms with Gasteiger partial charge in [-0.1, -0.05) is 30.3 Å². The van der Waals surface area contributed by atoms with E-state index in [9.17, 15) is 13.2 Å². The molecule has 0 bridgehead atoms. The maximum absolute atomic E-state index is 15.1. The summed E-state index contributed by atoms with van der Waals surface area (Å²) in [4.78, 5) is 35.8. The molecule has 1 N–H and O–H groups in total. The van der Waals surface area contributed by atoms with Crippen LogP contribution in [0.2, 0.25) is 0 Å². The van der Waals surface area contributed by atoms with Crippen molar-refractivity contribution >= 4 is 27.6 Å². The molecule has 3 heterocycles. The number of para-hydroxylation sites is 2. The van der Waals surface area contributed by atoms with Gasteiger partial charge in [0.1, 0.15) is 22.1 Å². The van der Waals surface area contributed by atoms with E-state index in [1.807, 2.05) is 6.92 Å². The van der Waals surface area contributed by atoms with Gasteiger partial charge < -0.3 is 29.3 Å². The number of anilines is 1. The molecule has 3 aromatic rings. The second-order valence-corrected chi connectivity index (χ2v) is 14.0. The molecule has 1 unspecified atom stereocenters. The van der Waals surface area contributed by atoms with Crippen LogP contribution in [0.4, 0.5) is 10.5 Å². The molecule has 12 nitrogen and oxygen atoms in total. The number of hydrogen-bond donors (Lipinski definition) is 1. The van der Waals surface area contributed by atoms with Gasteiger partial charge in [-0.2, -0.15) is 4.31 Å². The number of methoxy groups -OCH3 is 2. The number of hydrogen-bond acceptors (Lipinski definition) is 9. The highest BCUT2D eigenvalue weighted by Gasteiger charge is 2.59. The van der Waals surface area contributed by atoms with Crippen molar-refractivity contribution in [3.63, 3.8) is 0 Å². The van der Waals surface area contributed by atoms with E-state index in [1.54, 1.807) is 53.4 Å². The molecule has 3 aliphatic heterocycles. The first-order chi connectivity index (χ1) is 23.1. The number of benzene rings is 3. The normalized spacial score (nSPS) is 20.8. The van der Waals surface area contributed by atoms with Crippen molar-refractivity contribution in [2.24, 2.45) is 0 Å². The van der Waals surface area contributed by atoms with Gasteiger partial charge in [0.2, 0.25) is 0 Å². The summed E-state index contributed by atoms with van der Waals surface area (Å²) >= 11 is 0. The molecule has 0 spiro atoms. The fourth-order valence-electron chi connectivity index (χ4n) is 7.03. The Morgan fingerprint density at radius 1 is 0.875 bits per heavy atom. The van der Waals surface area contributed by atoms with Gasteiger partial charge in [-0.15, -0.1) is 0 Å². The third-order valence-electron chi connectivity index (χ3n) is 9.61. The Kier molecular flexibility index (Phi) is 9.55. The minimum absolute atomic E-state index is 0.0832. The van der Waals surface area contributed by atoms with Gasteiger partial charge in [0.25, 0.3) is 15.9 Å². The third-order valence-corrected chi connectivity index (χ3v) is 11.3. The molecule has 2 fully saturated rings. The number of ether oxygens (including phenoxy) is 3. The van der Waals surface area contributed by atoms with Gasteiger partial charge >= 0.3 is 6.03 Å². The first kappa shape index (κ1) is 33.6. The summed E-state index contributed by atoms with van der Waals surface area (Å²) in [6, 6.07) is 17.6. The van der Waals surface area contributed by atoms with E-state index in [0.717, 1.165) is 43.3 Å². The number of rotatable bonds is 9. The summed E-state index contributed by atoms with van der Waals surface area (Å²) in [6.07, 6.45) is 1.60. The average Bonchev–Trinajstić information content (AvgIpc) is 3.36. The number of carbonyl (C=O) groups excluding carboxylic acids is 2. The number of nitrogens with one attached hydrogen (secondary N) is 1. The molecule has 2 saturated heterocycles. The van der Waals surface area contributed by atoms with Crippen LogP contribution in [-0.4, -0.2) is 108 Å². The summed E-state index contributed by atoms with van der Waals surface area (Å²) < 4.78 is 46.7. The van der Waals surface area contributed by atoms with E-state index in [4.69, 9.17) is 14.2 Å². The summed E-state index contributed by atoms with van der Waals surface area (Å²) in [6.45, 7) is 7.11.